The van der Waals surface area contributed by atoms with E-state index in [2.05, 4.69) is 0 Å². The van der Waals surface area contributed by atoms with Gasteiger partial charge in [-0.1, -0.05) is 72.8 Å². The van der Waals surface area contributed by atoms with Gasteiger partial charge in [-0.2, -0.15) is 0 Å². The fourth-order valence-electron chi connectivity index (χ4n) is 3.80. The van der Waals surface area contributed by atoms with Crippen molar-refractivity contribution in [3.8, 4) is 0 Å². The van der Waals surface area contributed by atoms with Crippen molar-refractivity contribution in [2.75, 3.05) is 0 Å². The predicted octanol–water partition coefficient (Wildman–Crippen LogP) is 5.46. The zero-order chi connectivity index (χ0) is 17.7. The molecule has 1 aliphatic rings. The Morgan fingerprint density at radius 1 is 0.538 bits per heavy atom. The smallest absolute Gasteiger partial charge is 0.194 e. The molecule has 0 atom stereocenters. The first-order chi connectivity index (χ1) is 12.7. The molecule has 2 heteroatoms. The lowest BCUT2D eigenvalue weighted by atomic mass is 9.82. The summed E-state index contributed by atoms with van der Waals surface area (Å²) in [6.07, 6.45) is 1.50. The minimum Gasteiger partial charge on any atom is -0.289 e. The normalized spacial score (nSPS) is 13.8. The van der Waals surface area contributed by atoms with Crippen molar-refractivity contribution in [2.24, 2.45) is 0 Å². The number of allylic oxidation sites excluding steroid dienone is 2. The second-order valence-electron chi connectivity index (χ2n) is 6.49. The molecule has 0 amide bonds. The Bertz CT molecular complexity index is 1260. The van der Waals surface area contributed by atoms with Gasteiger partial charge < -0.3 is 0 Å². The number of hydrogen-bond acceptors (Lipinski definition) is 2. The van der Waals surface area contributed by atoms with E-state index in [1.807, 2.05) is 72.8 Å². The molecule has 0 aromatic heterocycles. The summed E-state index contributed by atoms with van der Waals surface area (Å²) in [7, 11) is 0. The number of benzene rings is 4. The highest BCUT2D eigenvalue weighted by molar-refractivity contribution is 6.41. The van der Waals surface area contributed by atoms with Gasteiger partial charge in [-0.05, 0) is 39.3 Å². The Morgan fingerprint density at radius 2 is 1.19 bits per heavy atom. The molecular weight excluding hydrogens is 320 g/mol. The summed E-state index contributed by atoms with van der Waals surface area (Å²) in [4.78, 5) is 26.2. The van der Waals surface area contributed by atoms with Gasteiger partial charge in [0.2, 0.25) is 0 Å². The summed E-state index contributed by atoms with van der Waals surface area (Å²) < 4.78 is 0. The molecule has 0 radical (unpaired) electrons. The third-order valence-corrected chi connectivity index (χ3v) is 5.02. The zero-order valence-corrected chi connectivity index (χ0v) is 13.9. The van der Waals surface area contributed by atoms with Gasteiger partial charge in [0.05, 0.1) is 0 Å². The van der Waals surface area contributed by atoms with E-state index in [4.69, 9.17) is 0 Å². The molecule has 4 aromatic rings. The Labute approximate surface area is 150 Å². The van der Waals surface area contributed by atoms with Gasteiger partial charge in [0.25, 0.3) is 0 Å². The van der Waals surface area contributed by atoms with Crippen LogP contribution in [0.2, 0.25) is 0 Å². The van der Waals surface area contributed by atoms with E-state index >= 15 is 0 Å². The zero-order valence-electron chi connectivity index (χ0n) is 13.9. The second kappa shape index (κ2) is 5.50. The van der Waals surface area contributed by atoms with Crippen molar-refractivity contribution in [3.63, 3.8) is 0 Å². The highest BCUT2D eigenvalue weighted by Gasteiger charge is 2.28. The lowest BCUT2D eigenvalue weighted by Crippen LogP contribution is -2.16. The topological polar surface area (TPSA) is 34.1 Å². The molecule has 122 valence electrons. The van der Waals surface area contributed by atoms with Crippen molar-refractivity contribution in [2.45, 2.75) is 0 Å². The van der Waals surface area contributed by atoms with E-state index in [0.717, 1.165) is 27.1 Å². The maximum atomic E-state index is 13.2. The summed E-state index contributed by atoms with van der Waals surface area (Å²) in [5.41, 5.74) is 2.27. The molecule has 5 rings (SSSR count). The molecule has 26 heavy (non-hydrogen) atoms. The molecule has 0 heterocycles. The van der Waals surface area contributed by atoms with Crippen molar-refractivity contribution in [3.05, 3.63) is 102 Å². The van der Waals surface area contributed by atoms with E-state index < -0.39 is 0 Å². The molecule has 0 unspecified atom stereocenters. The highest BCUT2D eigenvalue weighted by atomic mass is 16.1. The number of rotatable bonds is 1. The highest BCUT2D eigenvalue weighted by Crippen LogP contribution is 2.34. The Kier molecular flexibility index (Phi) is 3.13. The van der Waals surface area contributed by atoms with E-state index in [9.17, 15) is 9.59 Å². The first-order valence-corrected chi connectivity index (χ1v) is 8.54. The number of hydrogen-bond donors (Lipinski definition) is 0. The predicted molar refractivity (Wildman–Crippen MR) is 105 cm³/mol. The van der Waals surface area contributed by atoms with Crippen molar-refractivity contribution in [1.29, 1.82) is 0 Å². The van der Waals surface area contributed by atoms with Crippen molar-refractivity contribution >= 4 is 38.7 Å². The summed E-state index contributed by atoms with van der Waals surface area (Å²) in [5, 5.41) is 3.83. The first-order valence-electron chi connectivity index (χ1n) is 8.54. The van der Waals surface area contributed by atoms with Crippen LogP contribution >= 0.6 is 0 Å². The Morgan fingerprint density at radius 3 is 2.00 bits per heavy atom. The van der Waals surface area contributed by atoms with Crippen molar-refractivity contribution < 1.29 is 9.59 Å². The molecule has 0 spiro atoms. The molecule has 0 saturated carbocycles. The van der Waals surface area contributed by atoms with Crippen LogP contribution < -0.4 is 0 Å². The van der Waals surface area contributed by atoms with Gasteiger partial charge in [-0.25, -0.2) is 0 Å². The monoisotopic (exact) mass is 334 g/mol. The summed E-state index contributed by atoms with van der Waals surface area (Å²) in [5.74, 6) is -0.207. The quantitative estimate of drug-likeness (QED) is 0.463. The van der Waals surface area contributed by atoms with Crippen LogP contribution in [0.1, 0.15) is 26.3 Å². The third kappa shape index (κ3) is 2.06. The van der Waals surface area contributed by atoms with E-state index in [1.54, 1.807) is 6.07 Å². The van der Waals surface area contributed by atoms with Crippen LogP contribution in [0.4, 0.5) is 0 Å². The SMILES string of the molecule is O=C1C(c2cccc3ccccc23)=CC(=O)c2c1ccc1ccccc21. The molecule has 4 aromatic carbocycles. The molecular formula is C24H14O2. The number of carbonyl (C=O) groups is 2. The molecule has 0 saturated heterocycles. The largest absolute Gasteiger partial charge is 0.289 e. The lowest BCUT2D eigenvalue weighted by molar-refractivity contribution is 0.100. The van der Waals surface area contributed by atoms with Gasteiger partial charge >= 0.3 is 0 Å². The number of Topliss-reactive ketones (excluding diaryl/α,β-unsaturated/α-hetero) is 1. The van der Waals surface area contributed by atoms with Crippen LogP contribution in [0.3, 0.4) is 0 Å². The maximum absolute atomic E-state index is 13.2. The third-order valence-electron chi connectivity index (χ3n) is 5.02. The van der Waals surface area contributed by atoms with E-state index in [-0.39, 0.29) is 11.6 Å². The minimum absolute atomic E-state index is 0.0956. The standard InChI is InChI=1S/C24H14O2/c25-22-14-21(19-11-5-8-15-6-1-3-9-17(15)19)24(26)20-13-12-16-7-2-4-10-18(16)23(20)22/h1-14H. The van der Waals surface area contributed by atoms with Crippen LogP contribution in [-0.2, 0) is 0 Å². The van der Waals surface area contributed by atoms with Gasteiger partial charge in [-0.15, -0.1) is 0 Å². The summed E-state index contributed by atoms with van der Waals surface area (Å²) >= 11 is 0. The maximum Gasteiger partial charge on any atom is 0.194 e. The average Bonchev–Trinajstić information content (AvgIpc) is 2.69. The molecule has 0 N–H and O–H groups in total. The number of ketones is 2. The molecule has 1 aliphatic carbocycles. The minimum atomic E-state index is -0.112. The average molecular weight is 334 g/mol. The van der Waals surface area contributed by atoms with Gasteiger partial charge in [0.1, 0.15) is 0 Å². The molecule has 0 bridgehead atoms. The fraction of sp³-hybridized carbons (Fsp3) is 0. The van der Waals surface area contributed by atoms with Crippen LogP contribution in [0.5, 0.6) is 0 Å². The molecule has 2 nitrogen and oxygen atoms in total. The Hall–Kier alpha value is -3.52. The van der Waals surface area contributed by atoms with Crippen molar-refractivity contribution in [1.82, 2.24) is 0 Å². The van der Waals surface area contributed by atoms with Gasteiger partial charge in [0, 0.05) is 16.7 Å². The number of carbonyl (C=O) groups excluding carboxylic acids is 2. The van der Waals surface area contributed by atoms with Crippen LogP contribution in [0.15, 0.2) is 84.9 Å². The fourth-order valence-corrected chi connectivity index (χ4v) is 3.80. The lowest BCUT2D eigenvalue weighted by Gasteiger charge is -2.18. The van der Waals surface area contributed by atoms with Crippen LogP contribution in [0.25, 0.3) is 27.1 Å². The molecule has 0 fully saturated rings. The Balaban J connectivity index is 1.77. The van der Waals surface area contributed by atoms with E-state index in [0.29, 0.717) is 16.7 Å². The summed E-state index contributed by atoms with van der Waals surface area (Å²) in [6, 6.07) is 25.1. The summed E-state index contributed by atoms with van der Waals surface area (Å²) in [6.45, 7) is 0. The second-order valence-corrected chi connectivity index (χ2v) is 6.49. The molecule has 0 aliphatic heterocycles. The van der Waals surface area contributed by atoms with Gasteiger partial charge in [0.15, 0.2) is 11.6 Å². The first kappa shape index (κ1) is 14.8. The van der Waals surface area contributed by atoms with Gasteiger partial charge in [-0.3, -0.25) is 9.59 Å². The van der Waals surface area contributed by atoms with Crippen LogP contribution in [-0.4, -0.2) is 11.6 Å². The number of fused-ring (bicyclic) bond motifs is 4. The van der Waals surface area contributed by atoms with E-state index in [1.165, 1.54) is 6.08 Å². The van der Waals surface area contributed by atoms with Crippen LogP contribution in [0, 0.1) is 0 Å².